The van der Waals surface area contributed by atoms with E-state index in [1.807, 2.05) is 0 Å². The molecule has 0 aliphatic carbocycles. The number of hydrogen-bond donors (Lipinski definition) is 2. The van der Waals surface area contributed by atoms with Crippen molar-refractivity contribution in [3.8, 4) is 5.75 Å². The van der Waals surface area contributed by atoms with Crippen molar-refractivity contribution >= 4 is 5.78 Å². The highest BCUT2D eigenvalue weighted by molar-refractivity contribution is 5.91. The number of nitrogens with one attached hydrogen (secondary N) is 1. The maximum absolute atomic E-state index is 10.7. The summed E-state index contributed by atoms with van der Waals surface area (Å²) < 4.78 is 0. The minimum atomic E-state index is -0.547. The van der Waals surface area contributed by atoms with Crippen LogP contribution in [0.4, 0.5) is 0 Å². The first-order valence-corrected chi connectivity index (χ1v) is 3.04. The highest BCUT2D eigenvalue weighted by Gasteiger charge is 2.01. The van der Waals surface area contributed by atoms with Crippen LogP contribution in [0.2, 0.25) is 0 Å². The molecule has 0 unspecified atom stereocenters. The van der Waals surface area contributed by atoms with Crippen LogP contribution in [0.5, 0.6) is 5.75 Å². The quantitative estimate of drug-likeness (QED) is 0.569. The number of ketones is 1. The van der Waals surface area contributed by atoms with E-state index in [0.717, 1.165) is 12.3 Å². The molecule has 1 aromatic heterocycles. The molecule has 0 aliphatic heterocycles. The molecule has 1 aromatic rings. The fourth-order valence-electron chi connectivity index (χ4n) is 0.667. The van der Waals surface area contributed by atoms with Gasteiger partial charge in [0.2, 0.25) is 5.43 Å². The first-order chi connectivity index (χ1) is 5.11. The first kappa shape index (κ1) is 7.53. The smallest absolute Gasteiger partial charge is 0.223 e. The number of hydrogen-bond acceptors (Lipinski definition) is 3. The molecule has 1 heterocycles. The van der Waals surface area contributed by atoms with E-state index < -0.39 is 5.43 Å². The van der Waals surface area contributed by atoms with E-state index in [0.29, 0.717) is 0 Å². The van der Waals surface area contributed by atoms with Crippen LogP contribution in [0.25, 0.3) is 0 Å². The van der Waals surface area contributed by atoms with Crippen LogP contribution < -0.4 is 5.43 Å². The van der Waals surface area contributed by atoms with Gasteiger partial charge in [0.15, 0.2) is 11.5 Å². The number of H-pyrrole nitrogens is 1. The molecular formula is C7H7NO3. The monoisotopic (exact) mass is 153 g/mol. The van der Waals surface area contributed by atoms with E-state index in [2.05, 4.69) is 4.98 Å². The van der Waals surface area contributed by atoms with Gasteiger partial charge in [0.05, 0.1) is 5.69 Å². The summed E-state index contributed by atoms with van der Waals surface area (Å²) in [7, 11) is 0. The van der Waals surface area contributed by atoms with Crippen molar-refractivity contribution in [3.63, 3.8) is 0 Å². The predicted molar refractivity (Wildman–Crippen MR) is 38.7 cm³/mol. The number of aromatic hydroxyl groups is 1. The summed E-state index contributed by atoms with van der Waals surface area (Å²) >= 11 is 0. The number of pyridine rings is 1. The SMILES string of the molecule is CC(=O)c1cc(=O)c(O)c[nH]1. The van der Waals surface area contributed by atoms with E-state index in [-0.39, 0.29) is 17.2 Å². The Morgan fingerprint density at radius 2 is 2.27 bits per heavy atom. The molecule has 1 rings (SSSR count). The molecule has 0 amide bonds. The lowest BCUT2D eigenvalue weighted by Gasteiger charge is -1.94. The number of rotatable bonds is 1. The van der Waals surface area contributed by atoms with Gasteiger partial charge in [0, 0.05) is 19.2 Å². The van der Waals surface area contributed by atoms with Gasteiger partial charge in [-0.05, 0) is 0 Å². The van der Waals surface area contributed by atoms with Crippen LogP contribution in [-0.2, 0) is 0 Å². The van der Waals surface area contributed by atoms with Crippen LogP contribution in [-0.4, -0.2) is 15.9 Å². The second kappa shape index (κ2) is 2.57. The minimum absolute atomic E-state index is 0.202. The van der Waals surface area contributed by atoms with Crippen molar-refractivity contribution in [2.24, 2.45) is 0 Å². The molecule has 0 bridgehead atoms. The molecule has 0 aliphatic rings. The number of aromatic amines is 1. The maximum atomic E-state index is 10.7. The summed E-state index contributed by atoms with van der Waals surface area (Å²) in [4.78, 5) is 23.9. The number of carbonyl (C=O) groups excluding carboxylic acids is 1. The molecule has 4 nitrogen and oxygen atoms in total. The molecule has 0 fully saturated rings. The molecule has 11 heavy (non-hydrogen) atoms. The average Bonchev–Trinajstić information content (AvgIpc) is 1.94. The second-order valence-corrected chi connectivity index (χ2v) is 2.15. The minimum Gasteiger partial charge on any atom is -0.503 e. The van der Waals surface area contributed by atoms with E-state index >= 15 is 0 Å². The third-order valence-corrected chi connectivity index (χ3v) is 1.27. The predicted octanol–water partition coefficient (Wildman–Crippen LogP) is 0.283. The summed E-state index contributed by atoms with van der Waals surface area (Å²) in [5, 5.41) is 8.77. The number of carbonyl (C=O) groups is 1. The van der Waals surface area contributed by atoms with Crippen LogP contribution in [0.3, 0.4) is 0 Å². The van der Waals surface area contributed by atoms with Crippen LogP contribution in [0.1, 0.15) is 17.4 Å². The molecule has 4 heteroatoms. The van der Waals surface area contributed by atoms with E-state index in [9.17, 15) is 9.59 Å². The first-order valence-electron chi connectivity index (χ1n) is 3.04. The zero-order chi connectivity index (χ0) is 8.43. The van der Waals surface area contributed by atoms with Crippen molar-refractivity contribution in [2.45, 2.75) is 6.92 Å². The van der Waals surface area contributed by atoms with Gasteiger partial charge in [-0.1, -0.05) is 0 Å². The average molecular weight is 153 g/mol. The molecule has 0 spiro atoms. The Labute approximate surface area is 62.5 Å². The van der Waals surface area contributed by atoms with Crippen molar-refractivity contribution in [1.29, 1.82) is 0 Å². The molecule has 2 N–H and O–H groups in total. The lowest BCUT2D eigenvalue weighted by molar-refractivity contribution is 0.101. The zero-order valence-corrected chi connectivity index (χ0v) is 5.92. The van der Waals surface area contributed by atoms with Crippen LogP contribution in [0, 0.1) is 0 Å². The van der Waals surface area contributed by atoms with Gasteiger partial charge in [-0.3, -0.25) is 9.59 Å². The fourth-order valence-corrected chi connectivity index (χ4v) is 0.667. The Bertz CT molecular complexity index is 340. The molecule has 0 saturated heterocycles. The largest absolute Gasteiger partial charge is 0.503 e. The van der Waals surface area contributed by atoms with Crippen LogP contribution >= 0.6 is 0 Å². The molecular weight excluding hydrogens is 146 g/mol. The summed E-state index contributed by atoms with van der Waals surface area (Å²) in [6.45, 7) is 1.34. The Balaban J connectivity index is 3.26. The Hall–Kier alpha value is -1.58. The maximum Gasteiger partial charge on any atom is 0.223 e. The van der Waals surface area contributed by atoms with Gasteiger partial charge in [0.1, 0.15) is 0 Å². The number of aromatic nitrogens is 1. The lowest BCUT2D eigenvalue weighted by Crippen LogP contribution is -2.05. The van der Waals surface area contributed by atoms with Crippen molar-refractivity contribution in [2.75, 3.05) is 0 Å². The standard InChI is InChI=1S/C7H7NO3/c1-4(9)5-2-6(10)7(11)3-8-5/h2-3,11H,1H3,(H,8,10). The molecule has 0 aromatic carbocycles. The van der Waals surface area contributed by atoms with E-state index in [1.54, 1.807) is 0 Å². The highest BCUT2D eigenvalue weighted by atomic mass is 16.3. The second-order valence-electron chi connectivity index (χ2n) is 2.15. The van der Waals surface area contributed by atoms with Crippen molar-refractivity contribution in [1.82, 2.24) is 4.98 Å². The van der Waals surface area contributed by atoms with E-state index in [1.165, 1.54) is 6.92 Å². The third kappa shape index (κ3) is 1.46. The van der Waals surface area contributed by atoms with Gasteiger partial charge in [-0.15, -0.1) is 0 Å². The zero-order valence-electron chi connectivity index (χ0n) is 5.92. The lowest BCUT2D eigenvalue weighted by atomic mass is 10.3. The van der Waals surface area contributed by atoms with Gasteiger partial charge >= 0.3 is 0 Å². The summed E-state index contributed by atoms with van der Waals surface area (Å²) in [5.74, 6) is -0.614. The summed E-state index contributed by atoms with van der Waals surface area (Å²) in [6.07, 6.45) is 1.10. The Morgan fingerprint density at radius 3 is 2.73 bits per heavy atom. The topological polar surface area (TPSA) is 70.2 Å². The Morgan fingerprint density at radius 1 is 1.64 bits per heavy atom. The Kier molecular flexibility index (Phi) is 1.76. The van der Waals surface area contributed by atoms with Crippen molar-refractivity contribution in [3.05, 3.63) is 28.2 Å². The van der Waals surface area contributed by atoms with Crippen molar-refractivity contribution < 1.29 is 9.90 Å². The van der Waals surface area contributed by atoms with Crippen LogP contribution in [0.15, 0.2) is 17.1 Å². The fraction of sp³-hybridized carbons (Fsp3) is 0.143. The van der Waals surface area contributed by atoms with Gasteiger partial charge in [-0.2, -0.15) is 0 Å². The third-order valence-electron chi connectivity index (χ3n) is 1.27. The summed E-state index contributed by atoms with van der Waals surface area (Å²) in [6, 6.07) is 1.07. The summed E-state index contributed by atoms with van der Waals surface area (Å²) in [5.41, 5.74) is -0.346. The molecule has 0 atom stereocenters. The highest BCUT2D eigenvalue weighted by Crippen LogP contribution is 1.98. The van der Waals surface area contributed by atoms with Gasteiger partial charge < -0.3 is 10.1 Å². The van der Waals surface area contributed by atoms with Gasteiger partial charge in [-0.25, -0.2) is 0 Å². The molecule has 0 saturated carbocycles. The number of Topliss-reactive ketones (excluding diaryl/α,β-unsaturated/α-hetero) is 1. The normalized spacial score (nSPS) is 9.55. The molecule has 0 radical (unpaired) electrons. The van der Waals surface area contributed by atoms with Gasteiger partial charge in [0.25, 0.3) is 0 Å². The molecule has 58 valence electrons. The van der Waals surface area contributed by atoms with E-state index in [4.69, 9.17) is 5.11 Å².